The van der Waals surface area contributed by atoms with Gasteiger partial charge in [-0.2, -0.15) is 0 Å². The first-order chi connectivity index (χ1) is 7.31. The molecule has 76 valence electrons. The fourth-order valence-electron chi connectivity index (χ4n) is 1.44. The highest BCUT2D eigenvalue weighted by atomic mass is 16.1. The topological polar surface area (TPSA) is 44.9 Å². The van der Waals surface area contributed by atoms with Crippen molar-refractivity contribution in [1.82, 2.24) is 4.98 Å². The summed E-state index contributed by atoms with van der Waals surface area (Å²) in [7, 11) is 1.83. The number of hydrogen-bond donors (Lipinski definition) is 2. The Morgan fingerprint density at radius 2 is 2.13 bits per heavy atom. The molecule has 0 radical (unpaired) electrons. The predicted octanol–water partition coefficient (Wildman–Crippen LogP) is 2.29. The Hall–Kier alpha value is -2.03. The van der Waals surface area contributed by atoms with Gasteiger partial charge in [-0.1, -0.05) is 12.1 Å². The third-order valence-electron chi connectivity index (χ3n) is 2.26. The Bertz CT molecular complexity index is 460. The van der Waals surface area contributed by atoms with Crippen molar-refractivity contribution in [3.63, 3.8) is 0 Å². The number of ketones is 1. The van der Waals surface area contributed by atoms with Gasteiger partial charge in [0, 0.05) is 24.5 Å². The zero-order valence-electron chi connectivity index (χ0n) is 8.45. The lowest BCUT2D eigenvalue weighted by Crippen LogP contribution is -2.02. The highest BCUT2D eigenvalue weighted by Gasteiger charge is 2.09. The summed E-state index contributed by atoms with van der Waals surface area (Å²) >= 11 is 0. The Labute approximate surface area is 88.1 Å². The van der Waals surface area contributed by atoms with Crippen LogP contribution < -0.4 is 5.32 Å². The molecule has 1 aromatic carbocycles. The quantitative estimate of drug-likeness (QED) is 0.746. The summed E-state index contributed by atoms with van der Waals surface area (Å²) in [5, 5.41) is 3.01. The number of rotatable bonds is 3. The van der Waals surface area contributed by atoms with Gasteiger partial charge >= 0.3 is 0 Å². The Kier molecular flexibility index (Phi) is 2.54. The van der Waals surface area contributed by atoms with E-state index in [1.165, 1.54) is 0 Å². The average molecular weight is 200 g/mol. The SMILES string of the molecule is CNc1cccc(C(=O)c2ccc[nH]2)c1. The summed E-state index contributed by atoms with van der Waals surface area (Å²) in [5.74, 6) is 0.0112. The summed E-state index contributed by atoms with van der Waals surface area (Å²) < 4.78 is 0. The maximum absolute atomic E-state index is 11.9. The second-order valence-electron chi connectivity index (χ2n) is 3.24. The van der Waals surface area contributed by atoms with Gasteiger partial charge in [0.25, 0.3) is 0 Å². The van der Waals surface area contributed by atoms with Gasteiger partial charge in [0.05, 0.1) is 5.69 Å². The van der Waals surface area contributed by atoms with Gasteiger partial charge < -0.3 is 10.3 Å². The molecule has 3 heteroatoms. The lowest BCUT2D eigenvalue weighted by Gasteiger charge is -2.02. The standard InChI is InChI=1S/C12H12N2O/c1-13-10-5-2-4-9(8-10)12(15)11-6-3-7-14-11/h2-8,13-14H,1H3. The predicted molar refractivity (Wildman–Crippen MR) is 60.2 cm³/mol. The van der Waals surface area contributed by atoms with Crippen LogP contribution in [0.2, 0.25) is 0 Å². The summed E-state index contributed by atoms with van der Waals surface area (Å²) in [6.07, 6.45) is 1.75. The van der Waals surface area contributed by atoms with Crippen molar-refractivity contribution in [3.05, 3.63) is 53.9 Å². The number of aromatic amines is 1. The van der Waals surface area contributed by atoms with E-state index in [-0.39, 0.29) is 5.78 Å². The van der Waals surface area contributed by atoms with Crippen LogP contribution in [0.5, 0.6) is 0 Å². The van der Waals surface area contributed by atoms with Crippen molar-refractivity contribution in [2.75, 3.05) is 12.4 Å². The van der Waals surface area contributed by atoms with Gasteiger partial charge in [0.15, 0.2) is 0 Å². The fourth-order valence-corrected chi connectivity index (χ4v) is 1.44. The number of aromatic nitrogens is 1. The van der Waals surface area contributed by atoms with Crippen LogP contribution in [0.15, 0.2) is 42.6 Å². The summed E-state index contributed by atoms with van der Waals surface area (Å²) in [6, 6.07) is 11.0. The maximum Gasteiger partial charge on any atom is 0.209 e. The molecular weight excluding hydrogens is 188 g/mol. The molecule has 1 heterocycles. The molecule has 0 atom stereocenters. The smallest absolute Gasteiger partial charge is 0.209 e. The molecule has 3 nitrogen and oxygen atoms in total. The van der Waals surface area contributed by atoms with Gasteiger partial charge in [0.1, 0.15) is 0 Å². The average Bonchev–Trinajstić information content (AvgIpc) is 2.81. The van der Waals surface area contributed by atoms with Crippen LogP contribution in [-0.2, 0) is 0 Å². The van der Waals surface area contributed by atoms with Gasteiger partial charge in [-0.15, -0.1) is 0 Å². The lowest BCUT2D eigenvalue weighted by atomic mass is 10.1. The first-order valence-corrected chi connectivity index (χ1v) is 4.77. The van der Waals surface area contributed by atoms with Crippen molar-refractivity contribution < 1.29 is 4.79 Å². The van der Waals surface area contributed by atoms with E-state index in [4.69, 9.17) is 0 Å². The molecule has 2 rings (SSSR count). The molecule has 0 saturated heterocycles. The molecule has 1 aromatic heterocycles. The highest BCUT2D eigenvalue weighted by molar-refractivity contribution is 6.08. The molecule has 2 aromatic rings. The Balaban J connectivity index is 2.34. The van der Waals surface area contributed by atoms with Gasteiger partial charge in [-0.25, -0.2) is 0 Å². The third-order valence-corrected chi connectivity index (χ3v) is 2.26. The fraction of sp³-hybridized carbons (Fsp3) is 0.0833. The summed E-state index contributed by atoms with van der Waals surface area (Å²) in [5.41, 5.74) is 2.24. The number of carbonyl (C=O) groups excluding carboxylic acids is 1. The van der Waals surface area contributed by atoms with Crippen molar-refractivity contribution in [2.24, 2.45) is 0 Å². The zero-order valence-corrected chi connectivity index (χ0v) is 8.45. The number of hydrogen-bond acceptors (Lipinski definition) is 2. The van der Waals surface area contributed by atoms with E-state index in [0.717, 1.165) is 5.69 Å². The van der Waals surface area contributed by atoms with E-state index in [9.17, 15) is 4.79 Å². The summed E-state index contributed by atoms with van der Waals surface area (Å²) in [4.78, 5) is 14.8. The third kappa shape index (κ3) is 1.91. The molecule has 15 heavy (non-hydrogen) atoms. The Morgan fingerprint density at radius 1 is 1.27 bits per heavy atom. The molecule has 2 N–H and O–H groups in total. The molecule has 0 spiro atoms. The summed E-state index contributed by atoms with van der Waals surface area (Å²) in [6.45, 7) is 0. The van der Waals surface area contributed by atoms with E-state index in [2.05, 4.69) is 10.3 Å². The first kappa shape index (κ1) is 9.52. The number of anilines is 1. The second-order valence-corrected chi connectivity index (χ2v) is 3.24. The van der Waals surface area contributed by atoms with Gasteiger partial charge in [0.2, 0.25) is 5.78 Å². The van der Waals surface area contributed by atoms with Crippen LogP contribution in [-0.4, -0.2) is 17.8 Å². The van der Waals surface area contributed by atoms with Crippen LogP contribution >= 0.6 is 0 Å². The number of nitrogens with one attached hydrogen (secondary N) is 2. The second kappa shape index (κ2) is 4.00. The molecule has 0 aliphatic carbocycles. The number of H-pyrrole nitrogens is 1. The molecule has 0 aliphatic rings. The van der Waals surface area contributed by atoms with E-state index in [1.807, 2.05) is 37.4 Å². The van der Waals surface area contributed by atoms with E-state index in [0.29, 0.717) is 11.3 Å². The molecule has 0 fully saturated rings. The monoisotopic (exact) mass is 200 g/mol. The minimum atomic E-state index is 0.0112. The molecule has 0 amide bonds. The van der Waals surface area contributed by atoms with Crippen LogP contribution in [0.3, 0.4) is 0 Å². The number of carbonyl (C=O) groups is 1. The van der Waals surface area contributed by atoms with Crippen molar-refractivity contribution in [2.45, 2.75) is 0 Å². The lowest BCUT2D eigenvalue weighted by molar-refractivity contribution is 0.103. The van der Waals surface area contributed by atoms with Gasteiger partial charge in [-0.3, -0.25) is 4.79 Å². The van der Waals surface area contributed by atoms with Crippen LogP contribution in [0.4, 0.5) is 5.69 Å². The Morgan fingerprint density at radius 3 is 2.80 bits per heavy atom. The molecule has 0 bridgehead atoms. The first-order valence-electron chi connectivity index (χ1n) is 4.77. The molecular formula is C12H12N2O. The minimum absolute atomic E-state index is 0.0112. The van der Waals surface area contributed by atoms with E-state index >= 15 is 0 Å². The van der Waals surface area contributed by atoms with Gasteiger partial charge in [-0.05, 0) is 24.3 Å². The van der Waals surface area contributed by atoms with E-state index in [1.54, 1.807) is 12.3 Å². The van der Waals surface area contributed by atoms with Crippen LogP contribution in [0.25, 0.3) is 0 Å². The largest absolute Gasteiger partial charge is 0.388 e. The molecule has 0 aliphatic heterocycles. The van der Waals surface area contributed by atoms with Crippen molar-refractivity contribution in [1.29, 1.82) is 0 Å². The van der Waals surface area contributed by atoms with Crippen LogP contribution in [0.1, 0.15) is 16.1 Å². The molecule has 0 saturated carbocycles. The minimum Gasteiger partial charge on any atom is -0.388 e. The van der Waals surface area contributed by atoms with Crippen LogP contribution in [0, 0.1) is 0 Å². The zero-order chi connectivity index (χ0) is 10.7. The van der Waals surface area contributed by atoms with Crippen molar-refractivity contribution >= 4 is 11.5 Å². The van der Waals surface area contributed by atoms with E-state index < -0.39 is 0 Å². The normalized spacial score (nSPS) is 9.93. The highest BCUT2D eigenvalue weighted by Crippen LogP contribution is 2.13. The molecule has 0 unspecified atom stereocenters. The van der Waals surface area contributed by atoms with Crippen molar-refractivity contribution in [3.8, 4) is 0 Å². The maximum atomic E-state index is 11.9. The number of benzene rings is 1.